The van der Waals surface area contributed by atoms with Gasteiger partial charge in [0.25, 0.3) is 0 Å². The maximum atomic E-state index is 3.64. The zero-order chi connectivity index (χ0) is 10.1. The lowest BCUT2D eigenvalue weighted by Gasteiger charge is -2.28. The van der Waals surface area contributed by atoms with E-state index < -0.39 is 0 Å². The number of hydrogen-bond donors (Lipinski definition) is 2. The molecule has 1 saturated carbocycles. The minimum Gasteiger partial charge on any atom is -0.312 e. The van der Waals surface area contributed by atoms with E-state index in [4.69, 9.17) is 0 Å². The number of fused-ring (bicyclic) bond motifs is 1. The van der Waals surface area contributed by atoms with Crippen LogP contribution in [-0.4, -0.2) is 12.6 Å². The molecule has 2 N–H and O–H groups in total. The maximum absolute atomic E-state index is 3.64. The molecule has 0 spiro atoms. The average Bonchev–Trinajstić information content (AvgIpc) is 2.60. The summed E-state index contributed by atoms with van der Waals surface area (Å²) in [6, 6.07) is 10.1. The van der Waals surface area contributed by atoms with Gasteiger partial charge in [0, 0.05) is 25.2 Å². The Labute approximate surface area is 91.1 Å². The van der Waals surface area contributed by atoms with Crippen LogP contribution in [0.15, 0.2) is 24.3 Å². The smallest absolute Gasteiger partial charge is 0.0452 e. The van der Waals surface area contributed by atoms with Crippen LogP contribution in [0.3, 0.4) is 0 Å². The Kier molecular flexibility index (Phi) is 2.47. The third-order valence-electron chi connectivity index (χ3n) is 3.69. The number of rotatable bonds is 3. The second kappa shape index (κ2) is 3.95. The van der Waals surface area contributed by atoms with Crippen molar-refractivity contribution in [3.8, 4) is 0 Å². The van der Waals surface area contributed by atoms with Gasteiger partial charge in [0.05, 0.1) is 0 Å². The van der Waals surface area contributed by atoms with Gasteiger partial charge in [-0.3, -0.25) is 0 Å². The van der Waals surface area contributed by atoms with Gasteiger partial charge in [-0.25, -0.2) is 0 Å². The predicted molar refractivity (Wildman–Crippen MR) is 61.7 cm³/mol. The Morgan fingerprint density at radius 2 is 2.13 bits per heavy atom. The van der Waals surface area contributed by atoms with Crippen molar-refractivity contribution in [1.29, 1.82) is 0 Å². The molecule has 1 aromatic carbocycles. The molecule has 0 bridgehead atoms. The van der Waals surface area contributed by atoms with E-state index >= 15 is 0 Å². The highest BCUT2D eigenvalue weighted by Gasteiger charge is 2.23. The highest BCUT2D eigenvalue weighted by molar-refractivity contribution is 5.33. The quantitative estimate of drug-likeness (QED) is 0.783. The second-order valence-electron chi connectivity index (χ2n) is 4.67. The number of nitrogens with one attached hydrogen (secondary N) is 2. The Morgan fingerprint density at radius 1 is 1.27 bits per heavy atom. The molecule has 15 heavy (non-hydrogen) atoms. The highest BCUT2D eigenvalue weighted by Crippen LogP contribution is 2.25. The summed E-state index contributed by atoms with van der Waals surface area (Å²) in [6.45, 7) is 2.12. The van der Waals surface area contributed by atoms with Crippen molar-refractivity contribution in [1.82, 2.24) is 10.6 Å². The summed E-state index contributed by atoms with van der Waals surface area (Å²) in [4.78, 5) is 0. The molecule has 0 radical (unpaired) electrons. The molecule has 1 heterocycles. The van der Waals surface area contributed by atoms with E-state index in [9.17, 15) is 0 Å². The summed E-state index contributed by atoms with van der Waals surface area (Å²) in [5.74, 6) is 0. The molecule has 3 rings (SSSR count). The summed E-state index contributed by atoms with van der Waals surface area (Å²) in [6.07, 6.45) is 4.15. The van der Waals surface area contributed by atoms with Crippen molar-refractivity contribution in [2.45, 2.75) is 37.9 Å². The summed E-state index contributed by atoms with van der Waals surface area (Å²) in [5, 5.41) is 7.20. The summed E-state index contributed by atoms with van der Waals surface area (Å²) in [7, 11) is 0. The SMILES string of the molecule is c1ccc2c(c1)CNC2CNC1CCC1. The molecule has 1 aliphatic heterocycles. The van der Waals surface area contributed by atoms with Gasteiger partial charge in [-0.1, -0.05) is 30.7 Å². The monoisotopic (exact) mass is 202 g/mol. The van der Waals surface area contributed by atoms with Crippen molar-refractivity contribution in [2.75, 3.05) is 6.54 Å². The van der Waals surface area contributed by atoms with E-state index in [1.54, 1.807) is 0 Å². The molecule has 1 fully saturated rings. The predicted octanol–water partition coefficient (Wildman–Crippen LogP) is 1.97. The normalized spacial score (nSPS) is 24.9. The van der Waals surface area contributed by atoms with Crippen LogP contribution in [0.4, 0.5) is 0 Å². The standard InChI is InChI=1S/C13H18N2/c1-2-7-12-10(4-1)8-15-13(12)9-14-11-5-3-6-11/h1-2,4,7,11,13-15H,3,5-6,8-9H2. The van der Waals surface area contributed by atoms with Crippen LogP contribution in [0.25, 0.3) is 0 Å². The first-order chi connectivity index (χ1) is 7.43. The molecule has 80 valence electrons. The molecule has 0 aromatic heterocycles. The first kappa shape index (κ1) is 9.37. The molecule has 1 unspecified atom stereocenters. The molecular formula is C13H18N2. The fraction of sp³-hybridized carbons (Fsp3) is 0.538. The molecule has 1 atom stereocenters. The van der Waals surface area contributed by atoms with Gasteiger partial charge in [-0.15, -0.1) is 0 Å². The van der Waals surface area contributed by atoms with E-state index in [-0.39, 0.29) is 0 Å². The van der Waals surface area contributed by atoms with Gasteiger partial charge in [0.1, 0.15) is 0 Å². The molecule has 1 aliphatic carbocycles. The highest BCUT2D eigenvalue weighted by atomic mass is 15.0. The second-order valence-corrected chi connectivity index (χ2v) is 4.67. The topological polar surface area (TPSA) is 24.1 Å². The maximum Gasteiger partial charge on any atom is 0.0452 e. The lowest BCUT2D eigenvalue weighted by Crippen LogP contribution is -2.39. The van der Waals surface area contributed by atoms with Crippen molar-refractivity contribution in [2.24, 2.45) is 0 Å². The van der Waals surface area contributed by atoms with Crippen LogP contribution in [0.5, 0.6) is 0 Å². The number of benzene rings is 1. The van der Waals surface area contributed by atoms with Gasteiger partial charge >= 0.3 is 0 Å². The first-order valence-corrected chi connectivity index (χ1v) is 5.98. The van der Waals surface area contributed by atoms with Gasteiger partial charge in [-0.05, 0) is 24.0 Å². The molecule has 0 amide bonds. The lowest BCUT2D eigenvalue weighted by atomic mass is 9.93. The van der Waals surface area contributed by atoms with Crippen molar-refractivity contribution >= 4 is 0 Å². The largest absolute Gasteiger partial charge is 0.312 e. The van der Waals surface area contributed by atoms with Crippen LogP contribution in [0.2, 0.25) is 0 Å². The molecular weight excluding hydrogens is 184 g/mol. The molecule has 2 heteroatoms. The minimum absolute atomic E-state index is 0.529. The summed E-state index contributed by atoms with van der Waals surface area (Å²) < 4.78 is 0. The van der Waals surface area contributed by atoms with Crippen LogP contribution in [0.1, 0.15) is 36.4 Å². The van der Waals surface area contributed by atoms with E-state index in [2.05, 4.69) is 34.9 Å². The van der Waals surface area contributed by atoms with Gasteiger partial charge in [0.15, 0.2) is 0 Å². The Morgan fingerprint density at radius 3 is 2.93 bits per heavy atom. The van der Waals surface area contributed by atoms with Crippen molar-refractivity contribution in [3.63, 3.8) is 0 Å². The van der Waals surface area contributed by atoms with E-state index in [0.717, 1.165) is 19.1 Å². The minimum atomic E-state index is 0.529. The van der Waals surface area contributed by atoms with Gasteiger partial charge in [-0.2, -0.15) is 0 Å². The fourth-order valence-corrected chi connectivity index (χ4v) is 2.46. The summed E-state index contributed by atoms with van der Waals surface area (Å²) >= 11 is 0. The van der Waals surface area contributed by atoms with Gasteiger partial charge < -0.3 is 10.6 Å². The van der Waals surface area contributed by atoms with Crippen LogP contribution in [0, 0.1) is 0 Å². The van der Waals surface area contributed by atoms with Crippen molar-refractivity contribution < 1.29 is 0 Å². The number of hydrogen-bond acceptors (Lipinski definition) is 2. The van der Waals surface area contributed by atoms with Crippen LogP contribution in [-0.2, 0) is 6.54 Å². The third kappa shape index (κ3) is 1.80. The molecule has 2 nitrogen and oxygen atoms in total. The van der Waals surface area contributed by atoms with Gasteiger partial charge in [0.2, 0.25) is 0 Å². The summed E-state index contributed by atoms with van der Waals surface area (Å²) in [5.41, 5.74) is 2.96. The van der Waals surface area contributed by atoms with E-state index in [1.165, 1.54) is 30.4 Å². The third-order valence-corrected chi connectivity index (χ3v) is 3.69. The average molecular weight is 202 g/mol. The Balaban J connectivity index is 1.63. The molecule has 1 aromatic rings. The Bertz CT molecular complexity index is 344. The molecule has 0 saturated heterocycles. The fourth-order valence-electron chi connectivity index (χ4n) is 2.46. The molecule has 2 aliphatic rings. The van der Waals surface area contributed by atoms with E-state index in [1.807, 2.05) is 0 Å². The zero-order valence-corrected chi connectivity index (χ0v) is 9.00. The zero-order valence-electron chi connectivity index (χ0n) is 9.00. The van der Waals surface area contributed by atoms with Crippen LogP contribution < -0.4 is 10.6 Å². The van der Waals surface area contributed by atoms with E-state index in [0.29, 0.717) is 6.04 Å². The Hall–Kier alpha value is -0.860. The first-order valence-electron chi connectivity index (χ1n) is 5.98. The lowest BCUT2D eigenvalue weighted by molar-refractivity contribution is 0.326. The van der Waals surface area contributed by atoms with Crippen molar-refractivity contribution in [3.05, 3.63) is 35.4 Å². The van der Waals surface area contributed by atoms with Crippen LogP contribution >= 0.6 is 0 Å².